The molecule has 1 unspecified atom stereocenters. The zero-order valence-electron chi connectivity index (χ0n) is 6.21. The number of nitrogens with two attached hydrogens (primary N) is 1. The minimum absolute atomic E-state index is 0.604. The number of aromatic amines is 1. The predicted octanol–water partition coefficient (Wildman–Crippen LogP) is 1.56. The normalized spacial score (nSPS) is 24.2. The number of nitrogen functional groups attached to an aromatic ring is 1. The van der Waals surface area contributed by atoms with Crippen molar-refractivity contribution in [3.8, 4) is 0 Å². The summed E-state index contributed by atoms with van der Waals surface area (Å²) in [7, 11) is 0. The van der Waals surface area contributed by atoms with Crippen LogP contribution < -0.4 is 5.73 Å². The summed E-state index contributed by atoms with van der Waals surface area (Å²) >= 11 is 1.98. The molecular formula is C7H11N3S. The van der Waals surface area contributed by atoms with E-state index in [1.807, 2.05) is 17.8 Å². The third-order valence-corrected chi connectivity index (χ3v) is 3.31. The number of aromatic nitrogens is 2. The van der Waals surface area contributed by atoms with Gasteiger partial charge in [0, 0.05) is 11.3 Å². The molecule has 3 N–H and O–H groups in total. The van der Waals surface area contributed by atoms with Gasteiger partial charge in [-0.2, -0.15) is 16.9 Å². The fourth-order valence-corrected chi connectivity index (χ4v) is 2.59. The van der Waals surface area contributed by atoms with Gasteiger partial charge in [0.2, 0.25) is 0 Å². The van der Waals surface area contributed by atoms with Gasteiger partial charge in [0.15, 0.2) is 0 Å². The molecule has 1 aromatic heterocycles. The van der Waals surface area contributed by atoms with Crippen LogP contribution in [0.25, 0.3) is 0 Å². The van der Waals surface area contributed by atoms with Crippen LogP contribution in [0, 0.1) is 0 Å². The fourth-order valence-electron chi connectivity index (χ4n) is 1.34. The van der Waals surface area contributed by atoms with Crippen molar-refractivity contribution in [1.82, 2.24) is 10.2 Å². The SMILES string of the molecule is Nc1cc(C2CCCS2)[nH]n1. The second kappa shape index (κ2) is 2.77. The first-order valence-corrected chi connectivity index (χ1v) is 4.83. The van der Waals surface area contributed by atoms with Gasteiger partial charge in [0.25, 0.3) is 0 Å². The Bertz CT molecular complexity index is 240. The number of thioether (sulfide) groups is 1. The molecule has 1 atom stereocenters. The third-order valence-electron chi connectivity index (χ3n) is 1.89. The molecule has 0 amide bonds. The van der Waals surface area contributed by atoms with E-state index in [0.717, 1.165) is 0 Å². The van der Waals surface area contributed by atoms with Crippen molar-refractivity contribution in [3.63, 3.8) is 0 Å². The Morgan fingerprint density at radius 2 is 2.64 bits per heavy atom. The molecular weight excluding hydrogens is 158 g/mol. The summed E-state index contributed by atoms with van der Waals surface area (Å²) in [6, 6.07) is 1.93. The predicted molar refractivity (Wildman–Crippen MR) is 47.4 cm³/mol. The lowest BCUT2D eigenvalue weighted by Crippen LogP contribution is -1.87. The standard InChI is InChI=1S/C7H11N3S/c8-7-4-5(9-10-7)6-2-1-3-11-6/h4,6H,1-3H2,(H3,8,9,10). The van der Waals surface area contributed by atoms with Gasteiger partial charge in [0.05, 0.1) is 5.69 Å². The number of hydrogen-bond acceptors (Lipinski definition) is 3. The number of anilines is 1. The smallest absolute Gasteiger partial charge is 0.145 e. The summed E-state index contributed by atoms with van der Waals surface area (Å²) in [6.45, 7) is 0. The van der Waals surface area contributed by atoms with Gasteiger partial charge in [-0.15, -0.1) is 0 Å². The van der Waals surface area contributed by atoms with E-state index in [1.165, 1.54) is 24.3 Å². The van der Waals surface area contributed by atoms with Gasteiger partial charge in [-0.1, -0.05) is 0 Å². The van der Waals surface area contributed by atoms with Crippen LogP contribution in [0.5, 0.6) is 0 Å². The Morgan fingerprint density at radius 3 is 3.18 bits per heavy atom. The number of hydrogen-bond donors (Lipinski definition) is 2. The van der Waals surface area contributed by atoms with E-state index in [2.05, 4.69) is 10.2 Å². The van der Waals surface area contributed by atoms with E-state index in [4.69, 9.17) is 5.73 Å². The van der Waals surface area contributed by atoms with Crippen LogP contribution in [0.3, 0.4) is 0 Å². The van der Waals surface area contributed by atoms with Gasteiger partial charge >= 0.3 is 0 Å². The molecule has 1 aliphatic rings. The van der Waals surface area contributed by atoms with Gasteiger partial charge in [-0.3, -0.25) is 5.10 Å². The van der Waals surface area contributed by atoms with Crippen LogP contribution in [0.2, 0.25) is 0 Å². The minimum atomic E-state index is 0.604. The molecule has 11 heavy (non-hydrogen) atoms. The van der Waals surface area contributed by atoms with Gasteiger partial charge < -0.3 is 5.73 Å². The lowest BCUT2D eigenvalue weighted by Gasteiger charge is -2.02. The van der Waals surface area contributed by atoms with Crippen molar-refractivity contribution >= 4 is 17.6 Å². The summed E-state index contributed by atoms with van der Waals surface area (Å²) in [5.74, 6) is 1.87. The minimum Gasteiger partial charge on any atom is -0.382 e. The quantitative estimate of drug-likeness (QED) is 0.670. The van der Waals surface area contributed by atoms with Crippen molar-refractivity contribution in [2.24, 2.45) is 0 Å². The maximum absolute atomic E-state index is 5.49. The maximum Gasteiger partial charge on any atom is 0.145 e. The molecule has 0 aromatic carbocycles. The van der Waals surface area contributed by atoms with Crippen LogP contribution in [0.15, 0.2) is 6.07 Å². The lowest BCUT2D eigenvalue weighted by atomic mass is 10.2. The van der Waals surface area contributed by atoms with Crippen LogP contribution >= 0.6 is 11.8 Å². The first kappa shape index (κ1) is 7.03. The highest BCUT2D eigenvalue weighted by Gasteiger charge is 2.18. The van der Waals surface area contributed by atoms with Crippen LogP contribution in [-0.2, 0) is 0 Å². The average molecular weight is 169 g/mol. The van der Waals surface area contributed by atoms with Gasteiger partial charge in [0.1, 0.15) is 5.82 Å². The van der Waals surface area contributed by atoms with E-state index in [1.54, 1.807) is 0 Å². The number of H-pyrrole nitrogens is 1. The van der Waals surface area contributed by atoms with Gasteiger partial charge in [-0.05, 0) is 18.6 Å². The van der Waals surface area contributed by atoms with Crippen molar-refractivity contribution in [2.75, 3.05) is 11.5 Å². The largest absolute Gasteiger partial charge is 0.382 e. The molecule has 1 aliphatic heterocycles. The molecule has 0 saturated carbocycles. The van der Waals surface area contributed by atoms with Crippen LogP contribution in [0.4, 0.5) is 5.82 Å². The summed E-state index contributed by atoms with van der Waals surface area (Å²) in [6.07, 6.45) is 2.57. The zero-order valence-corrected chi connectivity index (χ0v) is 7.03. The summed E-state index contributed by atoms with van der Waals surface area (Å²) in [5, 5.41) is 7.46. The summed E-state index contributed by atoms with van der Waals surface area (Å²) in [5.41, 5.74) is 6.68. The second-order valence-corrected chi connectivity index (χ2v) is 4.06. The van der Waals surface area contributed by atoms with E-state index in [-0.39, 0.29) is 0 Å². The van der Waals surface area contributed by atoms with Crippen molar-refractivity contribution in [3.05, 3.63) is 11.8 Å². The number of rotatable bonds is 1. The molecule has 0 aliphatic carbocycles. The molecule has 1 fully saturated rings. The fraction of sp³-hybridized carbons (Fsp3) is 0.571. The van der Waals surface area contributed by atoms with E-state index >= 15 is 0 Å². The molecule has 0 spiro atoms. The van der Waals surface area contributed by atoms with E-state index < -0.39 is 0 Å². The first-order chi connectivity index (χ1) is 5.36. The van der Waals surface area contributed by atoms with Crippen molar-refractivity contribution in [1.29, 1.82) is 0 Å². The summed E-state index contributed by atoms with van der Waals surface area (Å²) in [4.78, 5) is 0. The monoisotopic (exact) mass is 169 g/mol. The Labute approximate surface area is 69.7 Å². The first-order valence-electron chi connectivity index (χ1n) is 3.78. The molecule has 60 valence electrons. The molecule has 1 saturated heterocycles. The Kier molecular flexibility index (Phi) is 1.77. The van der Waals surface area contributed by atoms with Gasteiger partial charge in [-0.25, -0.2) is 0 Å². The molecule has 2 rings (SSSR count). The van der Waals surface area contributed by atoms with Crippen molar-refractivity contribution < 1.29 is 0 Å². The lowest BCUT2D eigenvalue weighted by molar-refractivity contribution is 0.800. The maximum atomic E-state index is 5.49. The Morgan fingerprint density at radius 1 is 1.73 bits per heavy atom. The molecule has 4 heteroatoms. The van der Waals surface area contributed by atoms with E-state index in [0.29, 0.717) is 11.1 Å². The molecule has 3 nitrogen and oxygen atoms in total. The summed E-state index contributed by atoms with van der Waals surface area (Å²) < 4.78 is 0. The highest BCUT2D eigenvalue weighted by atomic mass is 32.2. The molecule has 0 radical (unpaired) electrons. The Hall–Kier alpha value is -0.640. The topological polar surface area (TPSA) is 54.7 Å². The molecule has 1 aromatic rings. The molecule has 0 bridgehead atoms. The highest BCUT2D eigenvalue weighted by molar-refractivity contribution is 7.99. The third kappa shape index (κ3) is 1.35. The van der Waals surface area contributed by atoms with Crippen LogP contribution in [-0.4, -0.2) is 16.0 Å². The number of nitrogens with zero attached hydrogens (tertiary/aromatic N) is 1. The Balaban J connectivity index is 2.15. The highest BCUT2D eigenvalue weighted by Crippen LogP contribution is 2.39. The van der Waals surface area contributed by atoms with Crippen LogP contribution in [0.1, 0.15) is 23.8 Å². The van der Waals surface area contributed by atoms with E-state index in [9.17, 15) is 0 Å². The second-order valence-electron chi connectivity index (χ2n) is 2.75. The molecule has 2 heterocycles. The average Bonchev–Trinajstić information content (AvgIpc) is 2.55. The number of nitrogens with one attached hydrogen (secondary N) is 1. The van der Waals surface area contributed by atoms with Crippen molar-refractivity contribution in [2.45, 2.75) is 18.1 Å². The zero-order chi connectivity index (χ0) is 7.68.